The van der Waals surface area contributed by atoms with Crippen LogP contribution >= 0.6 is 0 Å². The van der Waals surface area contributed by atoms with Crippen LogP contribution in [0.3, 0.4) is 0 Å². The van der Waals surface area contributed by atoms with E-state index in [-0.39, 0.29) is 24.6 Å². The molecule has 2 amide bonds. The topological polar surface area (TPSA) is 67.4 Å². The van der Waals surface area contributed by atoms with Crippen molar-refractivity contribution in [1.29, 1.82) is 0 Å². The number of carbonyl (C=O) groups excluding carboxylic acids is 2. The van der Waals surface area contributed by atoms with Crippen molar-refractivity contribution in [2.45, 2.75) is 20.3 Å². The molecule has 76 valence electrons. The summed E-state index contributed by atoms with van der Waals surface area (Å²) in [5.74, 6) is -0.412. The average molecular weight is 188 g/mol. The van der Waals surface area contributed by atoms with Crippen LogP contribution in [-0.4, -0.2) is 25.8 Å². The minimum Gasteiger partial charge on any atom is -0.444 e. The monoisotopic (exact) mass is 188 g/mol. The summed E-state index contributed by atoms with van der Waals surface area (Å²) in [4.78, 5) is 21.7. The molecule has 0 aliphatic heterocycles. The van der Waals surface area contributed by atoms with Crippen LogP contribution in [0, 0.1) is 5.92 Å². The smallest absolute Gasteiger partial charge is 0.317 e. The highest BCUT2D eigenvalue weighted by Crippen LogP contribution is 2.01. The van der Waals surface area contributed by atoms with E-state index in [0.717, 1.165) is 6.42 Å². The molecule has 0 aromatic rings. The Hall–Kier alpha value is -1.26. The molecule has 0 saturated heterocycles. The van der Waals surface area contributed by atoms with Gasteiger partial charge in [0.05, 0.1) is 5.92 Å². The molecule has 0 bridgehead atoms. The fourth-order valence-electron chi connectivity index (χ4n) is 0.570. The van der Waals surface area contributed by atoms with E-state index in [4.69, 9.17) is 4.74 Å². The third kappa shape index (κ3) is 5.05. The first-order valence-electron chi connectivity index (χ1n) is 4.24. The van der Waals surface area contributed by atoms with Crippen molar-refractivity contribution < 1.29 is 14.3 Å². The van der Waals surface area contributed by atoms with Crippen LogP contribution in [0.1, 0.15) is 20.3 Å². The van der Waals surface area contributed by atoms with Crippen LogP contribution in [0.5, 0.6) is 0 Å². The largest absolute Gasteiger partial charge is 0.444 e. The van der Waals surface area contributed by atoms with Crippen molar-refractivity contribution in [1.82, 2.24) is 10.6 Å². The van der Waals surface area contributed by atoms with Crippen LogP contribution in [-0.2, 0) is 9.53 Å². The van der Waals surface area contributed by atoms with Gasteiger partial charge >= 0.3 is 12.0 Å². The number of hydrogen-bond donors (Lipinski definition) is 2. The van der Waals surface area contributed by atoms with Crippen LogP contribution in [0.15, 0.2) is 0 Å². The van der Waals surface area contributed by atoms with Crippen LogP contribution in [0.2, 0.25) is 0 Å². The van der Waals surface area contributed by atoms with Crippen molar-refractivity contribution in [3.63, 3.8) is 0 Å². The van der Waals surface area contributed by atoms with Crippen molar-refractivity contribution >= 4 is 12.0 Å². The highest BCUT2D eigenvalue weighted by atomic mass is 16.5. The van der Waals surface area contributed by atoms with Crippen LogP contribution < -0.4 is 10.6 Å². The highest BCUT2D eigenvalue weighted by molar-refractivity contribution is 5.74. The number of urea groups is 1. The summed E-state index contributed by atoms with van der Waals surface area (Å²) >= 11 is 0. The number of nitrogens with one attached hydrogen (secondary N) is 2. The molecule has 0 radical (unpaired) electrons. The maximum atomic E-state index is 11.0. The lowest BCUT2D eigenvalue weighted by Gasteiger charge is -2.09. The summed E-state index contributed by atoms with van der Waals surface area (Å²) in [6, 6.07) is -0.364. The number of ether oxygens (including phenoxy) is 1. The molecule has 0 aromatic carbocycles. The van der Waals surface area contributed by atoms with Gasteiger partial charge in [-0.2, -0.15) is 0 Å². The number of carbonyl (C=O) groups is 2. The molecule has 0 aromatic heterocycles. The van der Waals surface area contributed by atoms with Gasteiger partial charge in [-0.3, -0.25) is 4.79 Å². The molecule has 2 N–H and O–H groups in total. The van der Waals surface area contributed by atoms with Gasteiger partial charge in [0.2, 0.25) is 0 Å². The Bertz CT molecular complexity index is 182. The SMILES string of the molecule is CCC(C)C(=O)OCNC(=O)NC. The van der Waals surface area contributed by atoms with Gasteiger partial charge in [-0.15, -0.1) is 0 Å². The van der Waals surface area contributed by atoms with E-state index in [9.17, 15) is 9.59 Å². The van der Waals surface area contributed by atoms with E-state index in [1.165, 1.54) is 7.05 Å². The third-order valence-electron chi connectivity index (χ3n) is 1.69. The molecule has 0 aliphatic carbocycles. The van der Waals surface area contributed by atoms with Crippen molar-refractivity contribution in [2.24, 2.45) is 5.92 Å². The Balaban J connectivity index is 3.53. The summed E-state index contributed by atoms with van der Waals surface area (Å²) in [5.41, 5.74) is 0. The number of esters is 1. The van der Waals surface area contributed by atoms with Gasteiger partial charge in [0, 0.05) is 7.05 Å². The second-order valence-electron chi connectivity index (χ2n) is 2.67. The lowest BCUT2D eigenvalue weighted by atomic mass is 10.1. The standard InChI is InChI=1S/C8H16N2O3/c1-4-6(2)7(11)13-5-10-8(12)9-3/h6H,4-5H2,1-3H3,(H2,9,10,12). The second kappa shape index (κ2) is 6.28. The van der Waals surface area contributed by atoms with E-state index in [1.807, 2.05) is 6.92 Å². The van der Waals surface area contributed by atoms with E-state index in [1.54, 1.807) is 6.92 Å². The summed E-state index contributed by atoms with van der Waals surface area (Å²) < 4.78 is 4.76. The summed E-state index contributed by atoms with van der Waals surface area (Å²) in [7, 11) is 1.49. The molecule has 0 heterocycles. The summed E-state index contributed by atoms with van der Waals surface area (Å²) in [6.45, 7) is 3.60. The van der Waals surface area contributed by atoms with Gasteiger partial charge in [-0.25, -0.2) is 4.79 Å². The zero-order chi connectivity index (χ0) is 10.3. The Morgan fingerprint density at radius 3 is 2.54 bits per heavy atom. The Kier molecular flexibility index (Phi) is 5.67. The minimum absolute atomic E-state index is 0.0805. The van der Waals surface area contributed by atoms with E-state index < -0.39 is 0 Å². The number of rotatable bonds is 4. The molecule has 0 spiro atoms. The Morgan fingerprint density at radius 2 is 2.08 bits per heavy atom. The maximum Gasteiger partial charge on any atom is 0.317 e. The van der Waals surface area contributed by atoms with Gasteiger partial charge in [-0.05, 0) is 6.42 Å². The second-order valence-corrected chi connectivity index (χ2v) is 2.67. The van der Waals surface area contributed by atoms with Crippen molar-refractivity contribution in [3.05, 3.63) is 0 Å². The van der Waals surface area contributed by atoms with Gasteiger partial charge in [0.1, 0.15) is 0 Å². The predicted octanol–water partition coefficient (Wildman–Crippen LogP) is 0.462. The van der Waals surface area contributed by atoms with Gasteiger partial charge in [-0.1, -0.05) is 13.8 Å². The summed E-state index contributed by atoms with van der Waals surface area (Å²) in [6.07, 6.45) is 0.735. The predicted molar refractivity (Wildman–Crippen MR) is 48.0 cm³/mol. The number of hydrogen-bond acceptors (Lipinski definition) is 3. The van der Waals surface area contributed by atoms with Gasteiger partial charge in [0.25, 0.3) is 0 Å². The zero-order valence-corrected chi connectivity index (χ0v) is 8.22. The molecule has 1 unspecified atom stereocenters. The molecule has 0 fully saturated rings. The average Bonchev–Trinajstić information content (AvgIpc) is 2.15. The first-order chi connectivity index (χ1) is 6.11. The van der Waals surface area contributed by atoms with Gasteiger partial charge in [0.15, 0.2) is 6.73 Å². The fourth-order valence-corrected chi connectivity index (χ4v) is 0.570. The molecular weight excluding hydrogens is 172 g/mol. The van der Waals surface area contributed by atoms with E-state index in [2.05, 4.69) is 10.6 Å². The lowest BCUT2D eigenvalue weighted by Crippen LogP contribution is -2.35. The molecule has 0 saturated carbocycles. The number of amides is 2. The molecule has 1 atom stereocenters. The lowest BCUT2D eigenvalue weighted by molar-refractivity contribution is -0.148. The van der Waals surface area contributed by atoms with E-state index in [0.29, 0.717) is 0 Å². The summed E-state index contributed by atoms with van der Waals surface area (Å²) in [5, 5.41) is 4.69. The first kappa shape index (κ1) is 11.7. The van der Waals surface area contributed by atoms with Crippen molar-refractivity contribution in [3.8, 4) is 0 Å². The van der Waals surface area contributed by atoms with Crippen LogP contribution in [0.25, 0.3) is 0 Å². The Labute approximate surface area is 77.8 Å². The molecule has 5 heteroatoms. The maximum absolute atomic E-state index is 11.0. The molecule has 0 rings (SSSR count). The quantitative estimate of drug-likeness (QED) is 0.497. The zero-order valence-electron chi connectivity index (χ0n) is 8.22. The highest BCUT2D eigenvalue weighted by Gasteiger charge is 2.11. The normalized spacial score (nSPS) is 11.6. The van der Waals surface area contributed by atoms with E-state index >= 15 is 0 Å². The van der Waals surface area contributed by atoms with Crippen molar-refractivity contribution in [2.75, 3.05) is 13.8 Å². The van der Waals surface area contributed by atoms with Gasteiger partial charge < -0.3 is 15.4 Å². The molecule has 0 aliphatic rings. The Morgan fingerprint density at radius 1 is 1.46 bits per heavy atom. The molecular formula is C8H16N2O3. The fraction of sp³-hybridized carbons (Fsp3) is 0.750. The minimum atomic E-state index is -0.364. The third-order valence-corrected chi connectivity index (χ3v) is 1.69. The molecule has 5 nitrogen and oxygen atoms in total. The van der Waals surface area contributed by atoms with Crippen LogP contribution in [0.4, 0.5) is 4.79 Å². The first-order valence-corrected chi connectivity index (χ1v) is 4.24. The molecule has 13 heavy (non-hydrogen) atoms.